The van der Waals surface area contributed by atoms with E-state index in [9.17, 15) is 21.6 Å². The number of nitrogens with zero attached hydrogens (tertiary/aromatic N) is 1. The molecule has 0 aliphatic carbocycles. The highest BCUT2D eigenvalue weighted by Gasteiger charge is 2.39. The van der Waals surface area contributed by atoms with Crippen LogP contribution in [0.5, 0.6) is 0 Å². The fraction of sp³-hybridized carbons (Fsp3) is 0.538. The Morgan fingerprint density at radius 2 is 1.86 bits per heavy atom. The molecule has 1 aromatic rings. The Morgan fingerprint density at radius 3 is 2.38 bits per heavy atom. The van der Waals surface area contributed by atoms with E-state index in [1.165, 1.54) is 6.07 Å². The third-order valence-electron chi connectivity index (χ3n) is 3.41. The summed E-state index contributed by atoms with van der Waals surface area (Å²) in [4.78, 5) is 0.153. The summed E-state index contributed by atoms with van der Waals surface area (Å²) in [6.07, 6.45) is -5.10. The van der Waals surface area contributed by atoms with E-state index in [0.717, 1.165) is 15.4 Å². The third-order valence-corrected chi connectivity index (χ3v) is 5.24. The monoisotopic (exact) mass is 323 g/mol. The maximum Gasteiger partial charge on any atom is 0.411 e. The summed E-state index contributed by atoms with van der Waals surface area (Å²) >= 11 is 0. The Balaban J connectivity index is 1.98. The number of hydrogen-bond donors (Lipinski definition) is 0. The number of hydrogen-bond acceptors (Lipinski definition) is 3. The van der Waals surface area contributed by atoms with Gasteiger partial charge in [0, 0.05) is 13.1 Å². The minimum absolute atomic E-state index is 0.0503. The van der Waals surface area contributed by atoms with Gasteiger partial charge in [0.05, 0.1) is 11.0 Å². The molecule has 2 rings (SSSR count). The van der Waals surface area contributed by atoms with Crippen LogP contribution in [0.15, 0.2) is 23.1 Å². The molecule has 8 heteroatoms. The molecule has 4 nitrogen and oxygen atoms in total. The summed E-state index contributed by atoms with van der Waals surface area (Å²) in [7, 11) is -3.66. The smallest absolute Gasteiger partial charge is 0.366 e. The Hall–Kier alpha value is -1.12. The zero-order chi connectivity index (χ0) is 15.8. The molecule has 118 valence electrons. The van der Waals surface area contributed by atoms with Crippen LogP contribution in [0.2, 0.25) is 0 Å². The van der Waals surface area contributed by atoms with Gasteiger partial charge in [0.25, 0.3) is 0 Å². The van der Waals surface area contributed by atoms with E-state index in [4.69, 9.17) is 0 Å². The molecule has 1 aliphatic rings. The van der Waals surface area contributed by atoms with Gasteiger partial charge >= 0.3 is 6.18 Å². The first kappa shape index (κ1) is 16.3. The molecule has 0 atom stereocenters. The maximum atomic E-state index is 12.3. The van der Waals surface area contributed by atoms with Crippen LogP contribution in [-0.4, -0.2) is 44.7 Å². The fourth-order valence-corrected chi connectivity index (χ4v) is 3.53. The van der Waals surface area contributed by atoms with Gasteiger partial charge in [-0.2, -0.15) is 17.5 Å². The summed E-state index contributed by atoms with van der Waals surface area (Å²) in [6, 6.07) is 4.77. The first-order chi connectivity index (χ1) is 9.59. The quantitative estimate of drug-likeness (QED) is 0.854. The molecule has 0 spiro atoms. The van der Waals surface area contributed by atoms with Gasteiger partial charge in [-0.3, -0.25) is 0 Å². The predicted molar refractivity (Wildman–Crippen MR) is 70.5 cm³/mol. The topological polar surface area (TPSA) is 46.6 Å². The van der Waals surface area contributed by atoms with Gasteiger partial charge in [0.2, 0.25) is 10.0 Å². The molecule has 1 aliphatic heterocycles. The summed E-state index contributed by atoms with van der Waals surface area (Å²) in [5.74, 6) is 0. The number of sulfonamides is 1. The Kier molecular flexibility index (Phi) is 4.32. The Labute approximate surface area is 121 Å². The van der Waals surface area contributed by atoms with Crippen molar-refractivity contribution in [1.82, 2.24) is 4.31 Å². The van der Waals surface area contributed by atoms with Crippen molar-refractivity contribution in [3.05, 3.63) is 29.3 Å². The van der Waals surface area contributed by atoms with Crippen molar-refractivity contribution in [2.24, 2.45) is 0 Å². The lowest BCUT2D eigenvalue weighted by molar-refractivity contribution is -0.194. The van der Waals surface area contributed by atoms with E-state index in [2.05, 4.69) is 4.74 Å². The molecule has 0 bridgehead atoms. The standard InChI is InChI=1S/C13H16F3NO3S/c1-9-3-4-12(5-10(9)2)21(18,19)17-6-11(7-17)20-8-13(14,15)16/h3-5,11H,6-8H2,1-2H3. The second-order valence-corrected chi connectivity index (χ2v) is 7.05. The number of alkyl halides is 3. The molecule has 21 heavy (non-hydrogen) atoms. The minimum Gasteiger partial charge on any atom is -0.366 e. The van der Waals surface area contributed by atoms with Crippen molar-refractivity contribution < 1.29 is 26.3 Å². The molecule has 1 fully saturated rings. The zero-order valence-corrected chi connectivity index (χ0v) is 12.5. The molecule has 1 saturated heterocycles. The van der Waals surface area contributed by atoms with Crippen molar-refractivity contribution in [3.8, 4) is 0 Å². The molecule has 0 amide bonds. The fourth-order valence-electron chi connectivity index (χ4n) is 1.94. The number of rotatable bonds is 4. The highest BCUT2D eigenvalue weighted by Crippen LogP contribution is 2.26. The zero-order valence-electron chi connectivity index (χ0n) is 11.6. The van der Waals surface area contributed by atoms with E-state index < -0.39 is 28.9 Å². The van der Waals surface area contributed by atoms with Crippen molar-refractivity contribution in [3.63, 3.8) is 0 Å². The van der Waals surface area contributed by atoms with Crippen molar-refractivity contribution in [2.45, 2.75) is 31.0 Å². The van der Waals surface area contributed by atoms with E-state index >= 15 is 0 Å². The van der Waals surface area contributed by atoms with Crippen LogP contribution in [0, 0.1) is 13.8 Å². The SMILES string of the molecule is Cc1ccc(S(=O)(=O)N2CC(OCC(F)(F)F)C2)cc1C. The average molecular weight is 323 g/mol. The first-order valence-electron chi connectivity index (χ1n) is 6.35. The molecule has 0 N–H and O–H groups in total. The van der Waals surface area contributed by atoms with E-state index in [1.54, 1.807) is 19.1 Å². The first-order valence-corrected chi connectivity index (χ1v) is 7.79. The summed E-state index contributed by atoms with van der Waals surface area (Å²) in [5.41, 5.74) is 1.82. The second kappa shape index (κ2) is 5.58. The highest BCUT2D eigenvalue weighted by atomic mass is 32.2. The number of ether oxygens (including phenoxy) is 1. The maximum absolute atomic E-state index is 12.3. The van der Waals surface area contributed by atoms with Gasteiger partial charge in [-0.05, 0) is 37.1 Å². The van der Waals surface area contributed by atoms with Crippen molar-refractivity contribution in [2.75, 3.05) is 19.7 Å². The summed E-state index contributed by atoms with van der Waals surface area (Å²) in [6.45, 7) is 2.22. The minimum atomic E-state index is -4.40. The molecular formula is C13H16F3NO3S. The van der Waals surface area contributed by atoms with E-state index in [1.807, 2.05) is 6.92 Å². The van der Waals surface area contributed by atoms with Gasteiger partial charge in [-0.1, -0.05) is 6.07 Å². The molecule has 0 radical (unpaired) electrons. The van der Waals surface area contributed by atoms with Gasteiger partial charge in [-0.15, -0.1) is 0 Å². The number of benzene rings is 1. The van der Waals surface area contributed by atoms with Crippen LogP contribution in [0.4, 0.5) is 13.2 Å². The highest BCUT2D eigenvalue weighted by molar-refractivity contribution is 7.89. The lowest BCUT2D eigenvalue weighted by Gasteiger charge is -2.37. The molecule has 0 aromatic heterocycles. The Morgan fingerprint density at radius 1 is 1.24 bits per heavy atom. The predicted octanol–water partition coefficient (Wildman–Crippen LogP) is 2.26. The second-order valence-electron chi connectivity index (χ2n) is 5.12. The summed E-state index contributed by atoms with van der Waals surface area (Å²) in [5, 5.41) is 0. The van der Waals surface area contributed by atoms with Crippen LogP contribution in [-0.2, 0) is 14.8 Å². The van der Waals surface area contributed by atoms with E-state index in [-0.39, 0.29) is 18.0 Å². The Bertz CT molecular complexity index is 622. The molecule has 0 saturated carbocycles. The third kappa shape index (κ3) is 3.75. The molecule has 0 unspecified atom stereocenters. The molecular weight excluding hydrogens is 307 g/mol. The van der Waals surface area contributed by atoms with Crippen molar-refractivity contribution in [1.29, 1.82) is 0 Å². The van der Waals surface area contributed by atoms with Gasteiger partial charge < -0.3 is 4.74 Å². The lowest BCUT2D eigenvalue weighted by atomic mass is 10.1. The van der Waals surface area contributed by atoms with Crippen molar-refractivity contribution >= 4 is 10.0 Å². The van der Waals surface area contributed by atoms with Crippen LogP contribution < -0.4 is 0 Å². The van der Waals surface area contributed by atoms with Gasteiger partial charge in [0.15, 0.2) is 0 Å². The van der Waals surface area contributed by atoms with Gasteiger partial charge in [-0.25, -0.2) is 8.42 Å². The normalized spacial score (nSPS) is 17.8. The van der Waals surface area contributed by atoms with Crippen LogP contribution in [0.25, 0.3) is 0 Å². The average Bonchev–Trinajstić information content (AvgIpc) is 2.28. The number of halogens is 3. The number of aryl methyl sites for hydroxylation is 2. The van der Waals surface area contributed by atoms with Gasteiger partial charge in [0.1, 0.15) is 6.61 Å². The van der Waals surface area contributed by atoms with E-state index in [0.29, 0.717) is 0 Å². The lowest BCUT2D eigenvalue weighted by Crippen LogP contribution is -2.55. The van der Waals surface area contributed by atoms with Crippen LogP contribution in [0.3, 0.4) is 0 Å². The van der Waals surface area contributed by atoms with Crippen LogP contribution >= 0.6 is 0 Å². The van der Waals surface area contributed by atoms with Crippen LogP contribution in [0.1, 0.15) is 11.1 Å². The largest absolute Gasteiger partial charge is 0.411 e. The summed E-state index contributed by atoms with van der Waals surface area (Å²) < 4.78 is 66.3. The molecule has 1 aromatic carbocycles. The molecule has 1 heterocycles.